The minimum absolute atomic E-state index is 0.515. The van der Waals surface area contributed by atoms with Crippen LogP contribution in [0.25, 0.3) is 10.8 Å². The van der Waals surface area contributed by atoms with Crippen molar-refractivity contribution in [3.63, 3.8) is 0 Å². The monoisotopic (exact) mass is 360 g/mol. The lowest BCUT2D eigenvalue weighted by Crippen LogP contribution is -1.90. The van der Waals surface area contributed by atoms with Gasteiger partial charge in [0.05, 0.1) is 4.47 Å². The van der Waals surface area contributed by atoms with E-state index in [4.69, 9.17) is 16.3 Å². The molecule has 0 N–H and O–H groups in total. The van der Waals surface area contributed by atoms with E-state index in [-0.39, 0.29) is 0 Å². The Bertz CT molecular complexity index is 798. The van der Waals surface area contributed by atoms with E-state index in [0.29, 0.717) is 5.88 Å². The molecule has 0 aliphatic carbocycles. The highest BCUT2D eigenvalue weighted by molar-refractivity contribution is 9.10. The molecule has 0 radical (unpaired) electrons. The van der Waals surface area contributed by atoms with Crippen LogP contribution in [-0.4, -0.2) is 0 Å². The van der Waals surface area contributed by atoms with Crippen molar-refractivity contribution in [3.8, 4) is 11.5 Å². The summed E-state index contributed by atoms with van der Waals surface area (Å²) in [6.45, 7) is 2.03. The van der Waals surface area contributed by atoms with Gasteiger partial charge in [0, 0.05) is 5.88 Å². The Balaban J connectivity index is 2.00. The van der Waals surface area contributed by atoms with Gasteiger partial charge in [-0.05, 0) is 56.9 Å². The maximum Gasteiger partial charge on any atom is 0.142 e. The summed E-state index contributed by atoms with van der Waals surface area (Å²) in [7, 11) is 0. The molecule has 0 heterocycles. The smallest absolute Gasteiger partial charge is 0.142 e. The highest BCUT2D eigenvalue weighted by atomic mass is 79.9. The van der Waals surface area contributed by atoms with E-state index in [1.165, 1.54) is 5.39 Å². The van der Waals surface area contributed by atoms with Gasteiger partial charge in [0.2, 0.25) is 0 Å². The van der Waals surface area contributed by atoms with Gasteiger partial charge in [-0.1, -0.05) is 42.5 Å². The SMILES string of the molecule is Cc1cc(CCl)ccc1Oc1ccc2ccccc2c1Br. The van der Waals surface area contributed by atoms with Gasteiger partial charge in [0.25, 0.3) is 0 Å². The van der Waals surface area contributed by atoms with Crippen molar-refractivity contribution in [2.24, 2.45) is 0 Å². The topological polar surface area (TPSA) is 9.23 Å². The molecule has 0 saturated heterocycles. The Morgan fingerprint density at radius 1 is 1.00 bits per heavy atom. The predicted octanol–water partition coefficient (Wildman–Crippen LogP) is 6.44. The Morgan fingerprint density at radius 3 is 2.52 bits per heavy atom. The van der Waals surface area contributed by atoms with Crippen molar-refractivity contribution in [1.82, 2.24) is 0 Å². The van der Waals surface area contributed by atoms with Crippen LogP contribution in [0.5, 0.6) is 11.5 Å². The van der Waals surface area contributed by atoms with E-state index < -0.39 is 0 Å². The molecule has 0 unspecified atom stereocenters. The summed E-state index contributed by atoms with van der Waals surface area (Å²) >= 11 is 9.50. The normalized spacial score (nSPS) is 10.8. The van der Waals surface area contributed by atoms with Gasteiger partial charge in [0.15, 0.2) is 0 Å². The summed E-state index contributed by atoms with van der Waals surface area (Å²) in [5.74, 6) is 2.18. The van der Waals surface area contributed by atoms with Crippen molar-refractivity contribution in [1.29, 1.82) is 0 Å². The van der Waals surface area contributed by atoms with Crippen molar-refractivity contribution >= 4 is 38.3 Å². The summed E-state index contributed by atoms with van der Waals surface area (Å²) in [6, 6.07) is 18.3. The predicted molar refractivity (Wildman–Crippen MR) is 92.5 cm³/mol. The molecule has 106 valence electrons. The highest BCUT2D eigenvalue weighted by Gasteiger charge is 2.08. The maximum atomic E-state index is 6.06. The number of aryl methyl sites for hydroxylation is 1. The molecule has 3 heteroatoms. The molecular weight excluding hydrogens is 348 g/mol. The molecule has 1 nitrogen and oxygen atoms in total. The quantitative estimate of drug-likeness (QED) is 0.488. The Labute approximate surface area is 137 Å². The van der Waals surface area contributed by atoms with E-state index in [1.54, 1.807) is 0 Å². The van der Waals surface area contributed by atoms with Crippen LogP contribution in [-0.2, 0) is 5.88 Å². The van der Waals surface area contributed by atoms with E-state index in [1.807, 2.05) is 37.3 Å². The van der Waals surface area contributed by atoms with Crippen LogP contribution in [0.1, 0.15) is 11.1 Å². The summed E-state index contributed by atoms with van der Waals surface area (Å²) in [4.78, 5) is 0. The summed E-state index contributed by atoms with van der Waals surface area (Å²) < 4.78 is 7.03. The first-order chi connectivity index (χ1) is 10.2. The van der Waals surface area contributed by atoms with Crippen LogP contribution >= 0.6 is 27.5 Å². The highest BCUT2D eigenvalue weighted by Crippen LogP contribution is 2.36. The largest absolute Gasteiger partial charge is 0.456 e. The first-order valence-electron chi connectivity index (χ1n) is 6.69. The zero-order valence-electron chi connectivity index (χ0n) is 11.6. The molecule has 0 aliphatic rings. The minimum Gasteiger partial charge on any atom is -0.456 e. The molecule has 21 heavy (non-hydrogen) atoms. The van der Waals surface area contributed by atoms with Crippen LogP contribution in [0, 0.1) is 6.92 Å². The molecule has 0 fully saturated rings. The molecule has 0 spiro atoms. The van der Waals surface area contributed by atoms with Crippen LogP contribution in [0.4, 0.5) is 0 Å². The molecule has 3 aromatic rings. The number of hydrogen-bond acceptors (Lipinski definition) is 1. The van der Waals surface area contributed by atoms with Crippen molar-refractivity contribution in [2.75, 3.05) is 0 Å². The molecular formula is C18H14BrClO. The number of benzene rings is 3. The lowest BCUT2D eigenvalue weighted by molar-refractivity contribution is 0.476. The third-order valence-corrected chi connectivity index (χ3v) is 4.57. The zero-order chi connectivity index (χ0) is 14.8. The molecule has 0 aliphatic heterocycles. The van der Waals surface area contributed by atoms with Gasteiger partial charge in [-0.25, -0.2) is 0 Å². The van der Waals surface area contributed by atoms with Crippen LogP contribution < -0.4 is 4.74 Å². The lowest BCUT2D eigenvalue weighted by Gasteiger charge is -2.12. The standard InChI is InChI=1S/C18H14BrClO/c1-12-10-13(11-20)6-8-16(12)21-17-9-7-14-4-2-3-5-15(14)18(17)19/h2-10H,11H2,1H3. The van der Waals surface area contributed by atoms with Crippen LogP contribution in [0.15, 0.2) is 59.1 Å². The van der Waals surface area contributed by atoms with Gasteiger partial charge in [-0.2, -0.15) is 0 Å². The average molecular weight is 362 g/mol. The number of ether oxygens (including phenoxy) is 1. The molecule has 0 aromatic heterocycles. The number of hydrogen-bond donors (Lipinski definition) is 0. The second-order valence-electron chi connectivity index (χ2n) is 4.93. The fraction of sp³-hybridized carbons (Fsp3) is 0.111. The lowest BCUT2D eigenvalue weighted by atomic mass is 10.1. The Kier molecular flexibility index (Phi) is 4.18. The van der Waals surface area contributed by atoms with Crippen LogP contribution in [0.3, 0.4) is 0 Å². The second-order valence-corrected chi connectivity index (χ2v) is 5.99. The number of fused-ring (bicyclic) bond motifs is 1. The average Bonchev–Trinajstić information content (AvgIpc) is 2.52. The van der Waals surface area contributed by atoms with E-state index >= 15 is 0 Å². The first kappa shape index (κ1) is 14.4. The molecule has 3 rings (SSSR count). The fourth-order valence-corrected chi connectivity index (χ4v) is 3.06. The second kappa shape index (κ2) is 6.08. The summed E-state index contributed by atoms with van der Waals surface area (Å²) in [5, 5.41) is 2.33. The van der Waals surface area contributed by atoms with E-state index in [9.17, 15) is 0 Å². The van der Waals surface area contributed by atoms with Gasteiger partial charge in [-0.3, -0.25) is 0 Å². The minimum atomic E-state index is 0.515. The number of rotatable bonds is 3. The Hall–Kier alpha value is -1.51. The van der Waals surface area contributed by atoms with Crippen LogP contribution in [0.2, 0.25) is 0 Å². The van der Waals surface area contributed by atoms with E-state index in [0.717, 1.165) is 32.5 Å². The zero-order valence-corrected chi connectivity index (χ0v) is 13.9. The van der Waals surface area contributed by atoms with Crippen molar-refractivity contribution < 1.29 is 4.74 Å². The molecule has 0 amide bonds. The number of alkyl halides is 1. The van der Waals surface area contributed by atoms with Crippen molar-refractivity contribution in [3.05, 3.63) is 70.2 Å². The summed E-state index contributed by atoms with van der Waals surface area (Å²) in [6.07, 6.45) is 0. The summed E-state index contributed by atoms with van der Waals surface area (Å²) in [5.41, 5.74) is 2.17. The molecule has 3 aromatic carbocycles. The van der Waals surface area contributed by atoms with E-state index in [2.05, 4.69) is 40.2 Å². The third-order valence-electron chi connectivity index (χ3n) is 3.44. The molecule has 0 saturated carbocycles. The third kappa shape index (κ3) is 2.92. The first-order valence-corrected chi connectivity index (χ1v) is 8.02. The molecule has 0 atom stereocenters. The van der Waals surface area contributed by atoms with Gasteiger partial charge < -0.3 is 4.74 Å². The fourth-order valence-electron chi connectivity index (χ4n) is 2.32. The number of halogens is 2. The molecule has 0 bridgehead atoms. The van der Waals surface area contributed by atoms with Gasteiger partial charge >= 0.3 is 0 Å². The Morgan fingerprint density at radius 2 is 1.76 bits per heavy atom. The maximum absolute atomic E-state index is 6.06. The van der Waals surface area contributed by atoms with Gasteiger partial charge in [-0.15, -0.1) is 11.6 Å². The van der Waals surface area contributed by atoms with Gasteiger partial charge in [0.1, 0.15) is 11.5 Å². The van der Waals surface area contributed by atoms with Crippen molar-refractivity contribution in [2.45, 2.75) is 12.8 Å².